The lowest BCUT2D eigenvalue weighted by Gasteiger charge is -2.30. The highest BCUT2D eigenvalue weighted by Crippen LogP contribution is 2.20. The molecular weight excluding hydrogens is 278 g/mol. The number of hydrogen-bond donors (Lipinski definition) is 1. The molecule has 0 bridgehead atoms. The Morgan fingerprint density at radius 1 is 1.33 bits per heavy atom. The Balaban J connectivity index is 2.21. The minimum Gasteiger partial charge on any atom is -0.481 e. The van der Waals surface area contributed by atoms with Crippen molar-refractivity contribution in [2.75, 3.05) is 27.3 Å². The molecule has 1 atom stereocenters. The lowest BCUT2D eigenvalue weighted by Crippen LogP contribution is -2.42. The van der Waals surface area contributed by atoms with Crippen LogP contribution in [0.1, 0.15) is 23.3 Å². The summed E-state index contributed by atoms with van der Waals surface area (Å²) in [4.78, 5) is 32.9. The number of nitrogens with zero attached hydrogens (tertiary/aromatic N) is 3. The first kappa shape index (κ1) is 15.0. The largest absolute Gasteiger partial charge is 0.481 e. The predicted molar refractivity (Wildman–Crippen MR) is 71.4 cm³/mol. The zero-order valence-corrected chi connectivity index (χ0v) is 11.9. The van der Waals surface area contributed by atoms with Crippen LogP contribution in [-0.2, 0) is 4.79 Å². The molecule has 1 N–H and O–H groups in total. The van der Waals surface area contributed by atoms with Crippen LogP contribution in [0.25, 0.3) is 0 Å². The monoisotopic (exact) mass is 295 g/mol. The fraction of sp³-hybridized carbons (Fsp3) is 0.538. The number of carboxylic acids is 1. The van der Waals surface area contributed by atoms with Crippen LogP contribution in [0.5, 0.6) is 11.9 Å². The summed E-state index contributed by atoms with van der Waals surface area (Å²) in [5.74, 6) is -1.55. The van der Waals surface area contributed by atoms with Gasteiger partial charge in [-0.1, -0.05) is 0 Å². The van der Waals surface area contributed by atoms with Crippen LogP contribution in [0.4, 0.5) is 0 Å². The van der Waals surface area contributed by atoms with Gasteiger partial charge in [0.2, 0.25) is 5.88 Å². The molecule has 1 fully saturated rings. The highest BCUT2D eigenvalue weighted by Gasteiger charge is 2.29. The molecule has 0 radical (unpaired) electrons. The molecule has 8 nitrogen and oxygen atoms in total. The molecule has 2 heterocycles. The van der Waals surface area contributed by atoms with E-state index in [4.69, 9.17) is 14.6 Å². The van der Waals surface area contributed by atoms with Crippen molar-refractivity contribution in [3.63, 3.8) is 0 Å². The van der Waals surface area contributed by atoms with Crippen molar-refractivity contribution in [2.24, 2.45) is 5.92 Å². The van der Waals surface area contributed by atoms with Crippen molar-refractivity contribution in [2.45, 2.75) is 12.8 Å². The van der Waals surface area contributed by atoms with E-state index in [0.717, 1.165) is 0 Å². The van der Waals surface area contributed by atoms with Gasteiger partial charge in [-0.3, -0.25) is 9.59 Å². The molecule has 1 amide bonds. The topological polar surface area (TPSA) is 102 Å². The molecular formula is C13H17N3O5. The fourth-order valence-corrected chi connectivity index (χ4v) is 2.23. The first-order chi connectivity index (χ1) is 10.0. The van der Waals surface area contributed by atoms with Gasteiger partial charge >= 0.3 is 12.0 Å². The van der Waals surface area contributed by atoms with Gasteiger partial charge in [0, 0.05) is 19.2 Å². The average molecular weight is 295 g/mol. The Morgan fingerprint density at radius 2 is 2.10 bits per heavy atom. The Hall–Kier alpha value is -2.38. The zero-order valence-electron chi connectivity index (χ0n) is 11.9. The number of carboxylic acid groups (broad SMARTS) is 1. The third-order valence-electron chi connectivity index (χ3n) is 3.35. The van der Waals surface area contributed by atoms with E-state index in [1.165, 1.54) is 25.2 Å². The Kier molecular flexibility index (Phi) is 4.56. The second-order valence-electron chi connectivity index (χ2n) is 4.71. The van der Waals surface area contributed by atoms with E-state index >= 15 is 0 Å². The van der Waals surface area contributed by atoms with Crippen LogP contribution in [0.15, 0.2) is 6.07 Å². The highest BCUT2D eigenvalue weighted by molar-refractivity contribution is 5.93. The number of ether oxygens (including phenoxy) is 2. The van der Waals surface area contributed by atoms with Gasteiger partial charge in [0.15, 0.2) is 0 Å². The second kappa shape index (κ2) is 6.38. The van der Waals surface area contributed by atoms with Crippen molar-refractivity contribution in [3.05, 3.63) is 11.8 Å². The normalized spacial score (nSPS) is 18.2. The molecule has 1 unspecified atom stereocenters. The molecule has 2 rings (SSSR count). The minimum atomic E-state index is -0.884. The maximum Gasteiger partial charge on any atom is 0.320 e. The molecule has 1 aliphatic heterocycles. The van der Waals surface area contributed by atoms with Crippen molar-refractivity contribution < 1.29 is 24.2 Å². The van der Waals surface area contributed by atoms with E-state index in [2.05, 4.69) is 9.97 Å². The zero-order chi connectivity index (χ0) is 15.4. The fourth-order valence-electron chi connectivity index (χ4n) is 2.23. The number of carbonyl (C=O) groups excluding carboxylic acids is 1. The van der Waals surface area contributed by atoms with Crippen LogP contribution in [0.2, 0.25) is 0 Å². The van der Waals surface area contributed by atoms with E-state index in [1.54, 1.807) is 0 Å². The van der Waals surface area contributed by atoms with E-state index in [9.17, 15) is 9.59 Å². The second-order valence-corrected chi connectivity index (χ2v) is 4.71. The Morgan fingerprint density at radius 3 is 2.71 bits per heavy atom. The van der Waals surface area contributed by atoms with Gasteiger partial charge in [-0.2, -0.15) is 9.97 Å². The summed E-state index contributed by atoms with van der Waals surface area (Å²) in [5.41, 5.74) is 0.129. The third-order valence-corrected chi connectivity index (χ3v) is 3.35. The molecule has 114 valence electrons. The highest BCUT2D eigenvalue weighted by atomic mass is 16.5. The summed E-state index contributed by atoms with van der Waals surface area (Å²) in [7, 11) is 2.82. The van der Waals surface area contributed by atoms with Crippen LogP contribution in [0, 0.1) is 5.92 Å². The molecule has 1 aromatic heterocycles. The molecule has 1 aliphatic rings. The van der Waals surface area contributed by atoms with Crippen LogP contribution >= 0.6 is 0 Å². The standard InChI is InChI=1S/C13H17N3O5/c1-20-10-6-9(14-13(15-10)21-2)11(17)16-5-3-4-8(7-16)12(18)19/h6,8H,3-5,7H2,1-2H3,(H,18,19). The van der Waals surface area contributed by atoms with Crippen LogP contribution in [-0.4, -0.2) is 59.2 Å². The Bertz CT molecular complexity index is 526. The van der Waals surface area contributed by atoms with Gasteiger partial charge in [-0.05, 0) is 12.8 Å². The SMILES string of the molecule is COc1cc(C(=O)N2CCCC(C(=O)O)C2)nc(OC)n1. The van der Waals surface area contributed by atoms with Crippen molar-refractivity contribution in [1.29, 1.82) is 0 Å². The molecule has 1 aromatic rings. The third kappa shape index (κ3) is 3.39. The number of methoxy groups -OCH3 is 2. The van der Waals surface area contributed by atoms with Crippen molar-refractivity contribution in [3.8, 4) is 11.9 Å². The number of hydrogen-bond acceptors (Lipinski definition) is 6. The van der Waals surface area contributed by atoms with E-state index in [-0.39, 0.29) is 30.0 Å². The number of piperidine rings is 1. The molecule has 0 saturated carbocycles. The number of rotatable bonds is 4. The van der Waals surface area contributed by atoms with Crippen LogP contribution in [0.3, 0.4) is 0 Å². The lowest BCUT2D eigenvalue weighted by molar-refractivity contribution is -0.143. The molecule has 21 heavy (non-hydrogen) atoms. The quantitative estimate of drug-likeness (QED) is 0.859. The van der Waals surface area contributed by atoms with Gasteiger partial charge in [0.1, 0.15) is 5.69 Å². The molecule has 0 aliphatic carbocycles. The van der Waals surface area contributed by atoms with Gasteiger partial charge in [-0.25, -0.2) is 0 Å². The lowest BCUT2D eigenvalue weighted by atomic mass is 9.98. The molecule has 0 aromatic carbocycles. The van der Waals surface area contributed by atoms with Gasteiger partial charge in [0.25, 0.3) is 5.91 Å². The summed E-state index contributed by atoms with van der Waals surface area (Å²) in [6.07, 6.45) is 1.23. The maximum atomic E-state index is 12.4. The minimum absolute atomic E-state index is 0.0319. The van der Waals surface area contributed by atoms with E-state index in [0.29, 0.717) is 19.4 Å². The number of carbonyl (C=O) groups is 2. The first-order valence-corrected chi connectivity index (χ1v) is 6.54. The number of amides is 1. The first-order valence-electron chi connectivity index (χ1n) is 6.54. The predicted octanol–water partition coefficient (Wildman–Crippen LogP) is 0.431. The maximum absolute atomic E-state index is 12.4. The van der Waals surface area contributed by atoms with E-state index < -0.39 is 11.9 Å². The van der Waals surface area contributed by atoms with Gasteiger partial charge < -0.3 is 19.5 Å². The molecule has 8 heteroatoms. The van der Waals surface area contributed by atoms with E-state index in [1.807, 2.05) is 0 Å². The summed E-state index contributed by atoms with van der Waals surface area (Å²) in [5, 5.41) is 9.07. The smallest absolute Gasteiger partial charge is 0.320 e. The molecule has 0 spiro atoms. The number of aliphatic carboxylic acids is 1. The van der Waals surface area contributed by atoms with Gasteiger partial charge in [-0.15, -0.1) is 0 Å². The summed E-state index contributed by atoms with van der Waals surface area (Å²) >= 11 is 0. The summed E-state index contributed by atoms with van der Waals surface area (Å²) in [6, 6.07) is 1.44. The van der Waals surface area contributed by atoms with Crippen LogP contribution < -0.4 is 9.47 Å². The number of aromatic nitrogens is 2. The Labute approximate surface area is 121 Å². The number of likely N-dealkylation sites (tertiary alicyclic amines) is 1. The van der Waals surface area contributed by atoms with Gasteiger partial charge in [0.05, 0.1) is 20.1 Å². The summed E-state index contributed by atoms with van der Waals surface area (Å²) < 4.78 is 9.93. The average Bonchev–Trinajstić information content (AvgIpc) is 2.53. The van der Waals surface area contributed by atoms with Crippen molar-refractivity contribution >= 4 is 11.9 Å². The summed E-state index contributed by atoms with van der Waals surface area (Å²) in [6.45, 7) is 0.694. The molecule has 1 saturated heterocycles. The van der Waals surface area contributed by atoms with Crippen molar-refractivity contribution in [1.82, 2.24) is 14.9 Å².